The molecule has 0 saturated carbocycles. The van der Waals surface area contributed by atoms with E-state index in [0.29, 0.717) is 5.03 Å². The lowest BCUT2D eigenvalue weighted by molar-refractivity contribution is -0.167. The Morgan fingerprint density at radius 3 is 1.87 bits per heavy atom. The molecule has 0 bridgehead atoms. The van der Waals surface area contributed by atoms with Gasteiger partial charge in [-0.2, -0.15) is 0 Å². The zero-order valence-corrected chi connectivity index (χ0v) is 16.3. The van der Waals surface area contributed by atoms with Gasteiger partial charge in [-0.1, -0.05) is 23.8 Å². The predicted molar refractivity (Wildman–Crippen MR) is 98.3 cm³/mol. The van der Waals surface area contributed by atoms with E-state index >= 15 is 0 Å². The van der Waals surface area contributed by atoms with Crippen molar-refractivity contribution in [1.29, 1.82) is 0 Å². The fraction of sp³-hybridized carbons (Fsp3) is 0.579. The first-order valence-electron chi connectivity index (χ1n) is 7.79. The van der Waals surface area contributed by atoms with Gasteiger partial charge in [0.15, 0.2) is 6.29 Å². The van der Waals surface area contributed by atoms with Crippen molar-refractivity contribution in [2.45, 2.75) is 73.4 Å². The lowest BCUT2D eigenvalue weighted by Gasteiger charge is -2.32. The predicted octanol–water partition coefficient (Wildman–Crippen LogP) is 4.85. The van der Waals surface area contributed by atoms with Crippen LogP contribution in [0.25, 0.3) is 0 Å². The maximum Gasteiger partial charge on any atom is 0.182 e. The van der Waals surface area contributed by atoms with E-state index in [9.17, 15) is 10.2 Å². The summed E-state index contributed by atoms with van der Waals surface area (Å²) in [5.41, 5.74) is 3.16. The number of rotatable bonds is 6. The number of aliphatic hydroxyl groups excluding tert-OH is 1. The SMILES string of the molecule is CC=C(C)C(=C(C)C(C)=CC=C(C)Cl)C(OC(C)(C)C)C(O)O. The molecule has 0 saturated heterocycles. The highest BCUT2D eigenvalue weighted by molar-refractivity contribution is 6.29. The highest BCUT2D eigenvalue weighted by Crippen LogP contribution is 2.29. The largest absolute Gasteiger partial charge is 0.366 e. The standard InChI is InChI=1S/C19H31ClO3/c1-9-12(2)16(15(5)13(3)10-11-14(4)20)17(18(21)22)23-19(6,7)8/h9-11,17-18,21-22H,1-8H3. The number of hydrogen-bond donors (Lipinski definition) is 2. The first-order valence-corrected chi connectivity index (χ1v) is 8.17. The Labute approximate surface area is 146 Å². The second kappa shape index (κ2) is 9.43. The van der Waals surface area contributed by atoms with Crippen molar-refractivity contribution in [3.05, 3.63) is 45.6 Å². The van der Waals surface area contributed by atoms with Gasteiger partial charge in [-0.05, 0) is 83.8 Å². The number of allylic oxidation sites excluding steroid dienone is 6. The zero-order valence-electron chi connectivity index (χ0n) is 15.6. The van der Waals surface area contributed by atoms with Gasteiger partial charge in [0, 0.05) is 5.03 Å². The van der Waals surface area contributed by atoms with Gasteiger partial charge >= 0.3 is 0 Å². The van der Waals surface area contributed by atoms with E-state index in [0.717, 1.165) is 22.3 Å². The van der Waals surface area contributed by atoms with E-state index in [4.69, 9.17) is 16.3 Å². The van der Waals surface area contributed by atoms with Crippen LogP contribution in [0.3, 0.4) is 0 Å². The number of ether oxygens (including phenoxy) is 1. The molecule has 0 aliphatic rings. The van der Waals surface area contributed by atoms with Crippen molar-refractivity contribution in [3.63, 3.8) is 0 Å². The summed E-state index contributed by atoms with van der Waals surface area (Å²) in [7, 11) is 0. The molecule has 3 nitrogen and oxygen atoms in total. The second-order valence-corrected chi connectivity index (χ2v) is 7.27. The average Bonchev–Trinajstić information content (AvgIpc) is 2.41. The minimum Gasteiger partial charge on any atom is -0.366 e. The number of halogens is 1. The summed E-state index contributed by atoms with van der Waals surface area (Å²) in [4.78, 5) is 0. The lowest BCUT2D eigenvalue weighted by atomic mass is 9.91. The normalized spacial score (nSPS) is 17.5. The molecule has 0 spiro atoms. The van der Waals surface area contributed by atoms with Gasteiger partial charge < -0.3 is 14.9 Å². The van der Waals surface area contributed by atoms with E-state index in [1.807, 2.05) is 73.6 Å². The first-order chi connectivity index (χ1) is 10.4. The topological polar surface area (TPSA) is 49.7 Å². The third kappa shape index (κ3) is 7.98. The molecule has 4 heteroatoms. The molecule has 0 aromatic heterocycles. The number of aliphatic hydroxyl groups is 2. The van der Waals surface area contributed by atoms with Gasteiger partial charge in [0.25, 0.3) is 0 Å². The Kier molecular flexibility index (Phi) is 9.07. The molecule has 2 N–H and O–H groups in total. The van der Waals surface area contributed by atoms with Crippen LogP contribution in [0.5, 0.6) is 0 Å². The van der Waals surface area contributed by atoms with Crippen LogP contribution in [0, 0.1) is 0 Å². The minimum absolute atomic E-state index is 0.502. The maximum absolute atomic E-state index is 9.86. The monoisotopic (exact) mass is 342 g/mol. The molecule has 0 aromatic carbocycles. The highest BCUT2D eigenvalue weighted by atomic mass is 35.5. The Morgan fingerprint density at radius 1 is 1.00 bits per heavy atom. The van der Waals surface area contributed by atoms with Gasteiger partial charge in [0.05, 0.1) is 5.60 Å². The smallest absolute Gasteiger partial charge is 0.182 e. The third-order valence-corrected chi connectivity index (χ3v) is 3.58. The summed E-state index contributed by atoms with van der Waals surface area (Å²) < 4.78 is 5.91. The fourth-order valence-corrected chi connectivity index (χ4v) is 2.18. The van der Waals surface area contributed by atoms with E-state index < -0.39 is 18.0 Å². The molecule has 0 fully saturated rings. The molecule has 23 heavy (non-hydrogen) atoms. The Bertz CT molecular complexity index is 513. The second-order valence-electron chi connectivity index (χ2n) is 6.68. The van der Waals surface area contributed by atoms with Crippen molar-refractivity contribution in [3.8, 4) is 0 Å². The van der Waals surface area contributed by atoms with Crippen LogP contribution >= 0.6 is 11.6 Å². The van der Waals surface area contributed by atoms with E-state index in [1.54, 1.807) is 0 Å². The van der Waals surface area contributed by atoms with Crippen LogP contribution in [-0.2, 0) is 4.74 Å². The van der Waals surface area contributed by atoms with Gasteiger partial charge in [-0.3, -0.25) is 0 Å². The molecule has 0 radical (unpaired) electrons. The van der Waals surface area contributed by atoms with Gasteiger partial charge in [0.2, 0.25) is 0 Å². The molecule has 1 unspecified atom stereocenters. The fourth-order valence-electron chi connectivity index (χ4n) is 2.12. The summed E-state index contributed by atoms with van der Waals surface area (Å²) in [6.45, 7) is 15.3. The van der Waals surface area contributed by atoms with Crippen LogP contribution in [0.2, 0.25) is 0 Å². The molecule has 132 valence electrons. The van der Waals surface area contributed by atoms with Crippen LogP contribution in [-0.4, -0.2) is 28.2 Å². The van der Waals surface area contributed by atoms with E-state index in [1.165, 1.54) is 0 Å². The summed E-state index contributed by atoms with van der Waals surface area (Å²) in [5, 5.41) is 20.4. The Hall–Kier alpha value is -0.870. The van der Waals surface area contributed by atoms with Crippen molar-refractivity contribution >= 4 is 11.6 Å². The van der Waals surface area contributed by atoms with E-state index in [-0.39, 0.29) is 0 Å². The molecule has 0 aliphatic heterocycles. The van der Waals surface area contributed by atoms with Gasteiger partial charge in [-0.15, -0.1) is 0 Å². The average molecular weight is 343 g/mol. The van der Waals surface area contributed by atoms with Crippen molar-refractivity contribution < 1.29 is 14.9 Å². The lowest BCUT2D eigenvalue weighted by Crippen LogP contribution is -2.38. The molecule has 0 amide bonds. The third-order valence-electron chi connectivity index (χ3n) is 3.45. The molecular formula is C19H31ClO3. The number of hydrogen-bond acceptors (Lipinski definition) is 3. The molecule has 0 heterocycles. The highest BCUT2D eigenvalue weighted by Gasteiger charge is 2.29. The molecule has 0 aliphatic carbocycles. The molecule has 0 rings (SSSR count). The summed E-state index contributed by atoms with van der Waals surface area (Å²) in [5.74, 6) is 0. The van der Waals surface area contributed by atoms with Crippen LogP contribution in [0.15, 0.2) is 45.6 Å². The molecule has 1 atom stereocenters. The molecule has 0 aromatic rings. The zero-order chi connectivity index (χ0) is 18.4. The summed E-state index contributed by atoms with van der Waals surface area (Å²) >= 11 is 5.88. The van der Waals surface area contributed by atoms with Gasteiger partial charge in [-0.25, -0.2) is 0 Å². The van der Waals surface area contributed by atoms with Crippen LogP contribution in [0.1, 0.15) is 55.4 Å². The summed E-state index contributed by atoms with van der Waals surface area (Å²) in [6.07, 6.45) is 3.25. The van der Waals surface area contributed by atoms with E-state index in [2.05, 4.69) is 0 Å². The Balaban J connectivity index is 6.15. The maximum atomic E-state index is 9.86. The van der Waals surface area contributed by atoms with Crippen molar-refractivity contribution in [1.82, 2.24) is 0 Å². The quantitative estimate of drug-likeness (QED) is 0.535. The minimum atomic E-state index is -1.60. The molecular weight excluding hydrogens is 312 g/mol. The van der Waals surface area contributed by atoms with Crippen LogP contribution in [0.4, 0.5) is 0 Å². The van der Waals surface area contributed by atoms with Crippen molar-refractivity contribution in [2.24, 2.45) is 0 Å². The van der Waals surface area contributed by atoms with Crippen molar-refractivity contribution in [2.75, 3.05) is 0 Å². The van der Waals surface area contributed by atoms with Gasteiger partial charge in [0.1, 0.15) is 6.10 Å². The first kappa shape index (κ1) is 22.1. The Morgan fingerprint density at radius 2 is 1.52 bits per heavy atom. The van der Waals surface area contributed by atoms with Crippen LogP contribution < -0.4 is 0 Å². The summed E-state index contributed by atoms with van der Waals surface area (Å²) in [6, 6.07) is 0.